The standard InChI is InChI=1S/C12H22N2O3/c1-17-12(16)14-8-5-10(11(15)9-14)13-6-3-2-4-7-13/h10-11,15H,2-9H2,1H3/t10-,11-/m1/s1. The van der Waals surface area contributed by atoms with Gasteiger partial charge in [-0.3, -0.25) is 4.90 Å². The van der Waals surface area contributed by atoms with Gasteiger partial charge < -0.3 is 14.7 Å². The van der Waals surface area contributed by atoms with E-state index in [2.05, 4.69) is 9.64 Å². The third kappa shape index (κ3) is 2.90. The number of carbonyl (C=O) groups excluding carboxylic acids is 1. The summed E-state index contributed by atoms with van der Waals surface area (Å²) < 4.78 is 4.68. The van der Waals surface area contributed by atoms with Crippen LogP contribution in [0.5, 0.6) is 0 Å². The Morgan fingerprint density at radius 1 is 1.24 bits per heavy atom. The minimum Gasteiger partial charge on any atom is -0.453 e. The number of nitrogens with zero attached hydrogens (tertiary/aromatic N) is 2. The molecule has 0 aromatic rings. The normalized spacial score (nSPS) is 31.3. The van der Waals surface area contributed by atoms with Gasteiger partial charge in [-0.05, 0) is 32.4 Å². The van der Waals surface area contributed by atoms with Crippen LogP contribution >= 0.6 is 0 Å². The van der Waals surface area contributed by atoms with Crippen molar-refractivity contribution in [2.45, 2.75) is 37.8 Å². The lowest BCUT2D eigenvalue weighted by atomic mass is 9.98. The molecule has 2 saturated heterocycles. The minimum absolute atomic E-state index is 0.219. The van der Waals surface area contributed by atoms with Crippen LogP contribution in [0.3, 0.4) is 0 Å². The Bertz CT molecular complexity index is 266. The average Bonchev–Trinajstić information content (AvgIpc) is 2.38. The molecule has 1 amide bonds. The van der Waals surface area contributed by atoms with Gasteiger partial charge in [-0.15, -0.1) is 0 Å². The minimum atomic E-state index is -0.444. The van der Waals surface area contributed by atoms with Gasteiger partial charge in [-0.25, -0.2) is 4.79 Å². The number of rotatable bonds is 1. The Morgan fingerprint density at radius 3 is 2.53 bits per heavy atom. The predicted octanol–water partition coefficient (Wildman–Crippen LogP) is 0.674. The SMILES string of the molecule is COC(=O)N1CC[C@@H](N2CCCCC2)[C@H](O)C1. The first kappa shape index (κ1) is 12.6. The van der Waals surface area contributed by atoms with E-state index in [1.165, 1.54) is 26.4 Å². The Labute approximate surface area is 102 Å². The molecule has 0 radical (unpaired) electrons. The zero-order chi connectivity index (χ0) is 12.3. The first-order chi connectivity index (χ1) is 8.22. The lowest BCUT2D eigenvalue weighted by Gasteiger charge is -2.42. The van der Waals surface area contributed by atoms with Crippen LogP contribution in [0.25, 0.3) is 0 Å². The number of β-amino-alcohol motifs (C(OH)–C–C–N with tert-alkyl or cyclic N) is 1. The summed E-state index contributed by atoms with van der Waals surface area (Å²) in [4.78, 5) is 15.3. The van der Waals surface area contributed by atoms with Crippen LogP contribution in [0.4, 0.5) is 4.79 Å². The van der Waals surface area contributed by atoms with Gasteiger partial charge >= 0.3 is 6.09 Å². The summed E-state index contributed by atoms with van der Waals surface area (Å²) in [6, 6.07) is 0.219. The number of methoxy groups -OCH3 is 1. The molecular formula is C12H22N2O3. The van der Waals surface area contributed by atoms with Crippen molar-refractivity contribution >= 4 is 6.09 Å². The first-order valence-corrected chi connectivity index (χ1v) is 6.47. The average molecular weight is 242 g/mol. The summed E-state index contributed by atoms with van der Waals surface area (Å²) in [5.41, 5.74) is 0. The molecule has 2 aliphatic rings. The third-order valence-electron chi connectivity index (χ3n) is 3.84. The molecule has 0 aromatic carbocycles. The summed E-state index contributed by atoms with van der Waals surface area (Å²) in [6.45, 7) is 3.25. The molecule has 0 aliphatic carbocycles. The van der Waals surface area contributed by atoms with Crippen molar-refractivity contribution in [3.63, 3.8) is 0 Å². The van der Waals surface area contributed by atoms with Crippen LogP contribution in [0.2, 0.25) is 0 Å². The summed E-state index contributed by atoms with van der Waals surface area (Å²) >= 11 is 0. The molecule has 2 rings (SSSR count). The Kier molecular flexibility index (Phi) is 4.23. The highest BCUT2D eigenvalue weighted by Crippen LogP contribution is 2.21. The van der Waals surface area contributed by atoms with Crippen molar-refractivity contribution in [1.82, 2.24) is 9.80 Å². The molecule has 0 unspecified atom stereocenters. The van der Waals surface area contributed by atoms with Gasteiger partial charge in [0.1, 0.15) is 0 Å². The molecule has 0 bridgehead atoms. The number of aliphatic hydroxyl groups is 1. The Hall–Kier alpha value is -0.810. The summed E-state index contributed by atoms with van der Waals surface area (Å²) in [7, 11) is 1.38. The molecule has 2 fully saturated rings. The first-order valence-electron chi connectivity index (χ1n) is 6.47. The number of hydrogen-bond donors (Lipinski definition) is 1. The zero-order valence-electron chi connectivity index (χ0n) is 10.5. The van der Waals surface area contributed by atoms with E-state index in [1.807, 2.05) is 0 Å². The van der Waals surface area contributed by atoms with Crippen molar-refractivity contribution in [3.05, 3.63) is 0 Å². The van der Waals surface area contributed by atoms with Crippen LogP contribution in [0.15, 0.2) is 0 Å². The molecule has 5 heteroatoms. The topological polar surface area (TPSA) is 53.0 Å². The maximum Gasteiger partial charge on any atom is 0.409 e. The summed E-state index contributed by atoms with van der Waals surface area (Å²) in [5, 5.41) is 10.1. The van der Waals surface area contributed by atoms with Crippen molar-refractivity contribution in [1.29, 1.82) is 0 Å². The van der Waals surface area contributed by atoms with E-state index in [-0.39, 0.29) is 12.1 Å². The highest BCUT2D eigenvalue weighted by molar-refractivity contribution is 5.67. The van der Waals surface area contributed by atoms with Gasteiger partial charge in [0.25, 0.3) is 0 Å². The fraction of sp³-hybridized carbons (Fsp3) is 0.917. The van der Waals surface area contributed by atoms with Gasteiger partial charge in [-0.2, -0.15) is 0 Å². The largest absolute Gasteiger partial charge is 0.453 e. The number of hydrogen-bond acceptors (Lipinski definition) is 4. The molecule has 17 heavy (non-hydrogen) atoms. The predicted molar refractivity (Wildman–Crippen MR) is 63.8 cm³/mol. The monoisotopic (exact) mass is 242 g/mol. The van der Waals surface area contributed by atoms with E-state index < -0.39 is 6.10 Å². The molecule has 1 N–H and O–H groups in total. The highest BCUT2D eigenvalue weighted by atomic mass is 16.5. The van der Waals surface area contributed by atoms with Gasteiger partial charge in [0.15, 0.2) is 0 Å². The molecule has 0 aromatic heterocycles. The quantitative estimate of drug-likeness (QED) is 0.734. The molecule has 5 nitrogen and oxygen atoms in total. The number of amides is 1. The number of piperidine rings is 2. The van der Waals surface area contributed by atoms with Crippen molar-refractivity contribution in [3.8, 4) is 0 Å². The number of carbonyl (C=O) groups is 1. The van der Waals surface area contributed by atoms with E-state index >= 15 is 0 Å². The molecule has 0 saturated carbocycles. The number of aliphatic hydroxyl groups excluding tert-OH is 1. The zero-order valence-corrected chi connectivity index (χ0v) is 10.5. The Balaban J connectivity index is 1.88. The maximum absolute atomic E-state index is 11.4. The summed E-state index contributed by atoms with van der Waals surface area (Å²) in [5.74, 6) is 0. The maximum atomic E-state index is 11.4. The fourth-order valence-corrected chi connectivity index (χ4v) is 2.89. The second kappa shape index (κ2) is 5.69. The second-order valence-corrected chi connectivity index (χ2v) is 4.94. The number of likely N-dealkylation sites (tertiary alicyclic amines) is 2. The van der Waals surface area contributed by atoms with Gasteiger partial charge in [0.2, 0.25) is 0 Å². The lowest BCUT2D eigenvalue weighted by molar-refractivity contribution is -0.0167. The summed E-state index contributed by atoms with van der Waals surface area (Å²) in [6.07, 6.45) is 3.82. The molecule has 0 spiro atoms. The van der Waals surface area contributed by atoms with Gasteiger partial charge in [0.05, 0.1) is 19.8 Å². The van der Waals surface area contributed by atoms with Crippen LogP contribution in [0.1, 0.15) is 25.7 Å². The van der Waals surface area contributed by atoms with Gasteiger partial charge in [0, 0.05) is 12.6 Å². The second-order valence-electron chi connectivity index (χ2n) is 4.94. The number of ether oxygens (including phenoxy) is 1. The smallest absolute Gasteiger partial charge is 0.409 e. The van der Waals surface area contributed by atoms with Crippen LogP contribution in [0, 0.1) is 0 Å². The molecule has 2 atom stereocenters. The molecular weight excluding hydrogens is 220 g/mol. The van der Waals surface area contributed by atoms with Crippen LogP contribution in [-0.4, -0.2) is 66.4 Å². The van der Waals surface area contributed by atoms with Crippen LogP contribution in [-0.2, 0) is 4.74 Å². The molecule has 98 valence electrons. The molecule has 2 aliphatic heterocycles. The van der Waals surface area contributed by atoms with E-state index in [0.717, 1.165) is 19.5 Å². The van der Waals surface area contributed by atoms with Crippen molar-refractivity contribution in [2.75, 3.05) is 33.3 Å². The van der Waals surface area contributed by atoms with Crippen molar-refractivity contribution < 1.29 is 14.6 Å². The third-order valence-corrected chi connectivity index (χ3v) is 3.84. The van der Waals surface area contributed by atoms with E-state index in [0.29, 0.717) is 13.1 Å². The Morgan fingerprint density at radius 2 is 1.94 bits per heavy atom. The van der Waals surface area contributed by atoms with Crippen molar-refractivity contribution in [2.24, 2.45) is 0 Å². The fourth-order valence-electron chi connectivity index (χ4n) is 2.89. The lowest BCUT2D eigenvalue weighted by Crippen LogP contribution is -2.56. The molecule has 2 heterocycles. The highest BCUT2D eigenvalue weighted by Gasteiger charge is 2.34. The van der Waals surface area contributed by atoms with Gasteiger partial charge in [-0.1, -0.05) is 6.42 Å². The van der Waals surface area contributed by atoms with E-state index in [4.69, 9.17) is 0 Å². The van der Waals surface area contributed by atoms with E-state index in [1.54, 1.807) is 4.90 Å². The van der Waals surface area contributed by atoms with Crippen LogP contribution < -0.4 is 0 Å². The van der Waals surface area contributed by atoms with E-state index in [9.17, 15) is 9.90 Å².